The van der Waals surface area contributed by atoms with Crippen molar-refractivity contribution < 1.29 is 4.74 Å². The van der Waals surface area contributed by atoms with Crippen LogP contribution in [0.15, 0.2) is 23.0 Å². The molecule has 1 aliphatic rings. The highest BCUT2D eigenvalue weighted by molar-refractivity contribution is 5.78. The maximum atomic E-state index is 11.8. The van der Waals surface area contributed by atoms with E-state index in [4.69, 9.17) is 4.74 Å². The van der Waals surface area contributed by atoms with Crippen LogP contribution in [-0.2, 0) is 18.3 Å². The van der Waals surface area contributed by atoms with E-state index in [9.17, 15) is 4.79 Å². The molecule has 2 aromatic rings. The second-order valence-electron chi connectivity index (χ2n) is 5.59. The number of benzene rings is 1. The standard InChI is InChI=1S/C15H22N4O2/c1-16-8-12-10-19(6-7-21-12)9-11-4-3-5-13-14(11)18(2)15(20)17-13/h3-5,12,16H,6-10H2,1-2H3,(H,17,20)/t12-/m1/s1. The van der Waals surface area contributed by atoms with Crippen molar-refractivity contribution in [3.8, 4) is 0 Å². The average Bonchev–Trinajstić information content (AvgIpc) is 2.76. The number of hydrogen-bond donors (Lipinski definition) is 2. The number of nitrogens with one attached hydrogen (secondary N) is 2. The molecule has 1 saturated heterocycles. The highest BCUT2D eigenvalue weighted by atomic mass is 16.5. The number of likely N-dealkylation sites (N-methyl/N-ethyl adjacent to an activating group) is 1. The Labute approximate surface area is 123 Å². The molecule has 1 fully saturated rings. The first-order valence-electron chi connectivity index (χ1n) is 7.34. The molecule has 0 spiro atoms. The van der Waals surface area contributed by atoms with E-state index in [0.717, 1.165) is 43.8 Å². The van der Waals surface area contributed by atoms with Crippen LogP contribution in [0.3, 0.4) is 0 Å². The van der Waals surface area contributed by atoms with Crippen LogP contribution >= 0.6 is 0 Å². The number of aromatic amines is 1. The Morgan fingerprint density at radius 2 is 2.33 bits per heavy atom. The van der Waals surface area contributed by atoms with Crippen molar-refractivity contribution in [1.29, 1.82) is 0 Å². The van der Waals surface area contributed by atoms with Crippen LogP contribution in [0.25, 0.3) is 11.0 Å². The number of para-hydroxylation sites is 1. The van der Waals surface area contributed by atoms with Crippen molar-refractivity contribution in [2.45, 2.75) is 12.6 Å². The number of rotatable bonds is 4. The lowest BCUT2D eigenvalue weighted by Crippen LogP contribution is -2.45. The van der Waals surface area contributed by atoms with Gasteiger partial charge in [-0.1, -0.05) is 12.1 Å². The second kappa shape index (κ2) is 6.01. The number of ether oxygens (including phenoxy) is 1. The zero-order chi connectivity index (χ0) is 14.8. The summed E-state index contributed by atoms with van der Waals surface area (Å²) in [6.07, 6.45) is 0.234. The van der Waals surface area contributed by atoms with Gasteiger partial charge in [0, 0.05) is 33.2 Å². The number of H-pyrrole nitrogens is 1. The van der Waals surface area contributed by atoms with Gasteiger partial charge in [0.1, 0.15) is 0 Å². The fourth-order valence-corrected chi connectivity index (χ4v) is 3.03. The highest BCUT2D eigenvalue weighted by Gasteiger charge is 2.21. The molecule has 6 nitrogen and oxygen atoms in total. The Morgan fingerprint density at radius 1 is 1.48 bits per heavy atom. The van der Waals surface area contributed by atoms with Crippen LogP contribution in [0.2, 0.25) is 0 Å². The van der Waals surface area contributed by atoms with Gasteiger partial charge in [-0.15, -0.1) is 0 Å². The van der Waals surface area contributed by atoms with Crippen LogP contribution in [-0.4, -0.2) is 53.8 Å². The summed E-state index contributed by atoms with van der Waals surface area (Å²) < 4.78 is 7.43. The van der Waals surface area contributed by atoms with E-state index in [1.807, 2.05) is 26.2 Å². The smallest absolute Gasteiger partial charge is 0.326 e. The monoisotopic (exact) mass is 290 g/mol. The number of fused-ring (bicyclic) bond motifs is 1. The molecule has 3 rings (SSSR count). The molecule has 1 aromatic heterocycles. The van der Waals surface area contributed by atoms with Gasteiger partial charge < -0.3 is 15.0 Å². The molecule has 0 saturated carbocycles. The summed E-state index contributed by atoms with van der Waals surface area (Å²) in [4.78, 5) is 17.1. The summed E-state index contributed by atoms with van der Waals surface area (Å²) in [7, 11) is 3.76. The topological polar surface area (TPSA) is 62.3 Å². The second-order valence-corrected chi connectivity index (χ2v) is 5.59. The molecule has 1 aromatic carbocycles. The third-order valence-electron chi connectivity index (χ3n) is 4.05. The number of aromatic nitrogens is 2. The van der Waals surface area contributed by atoms with Gasteiger partial charge in [0.25, 0.3) is 0 Å². The molecule has 1 atom stereocenters. The summed E-state index contributed by atoms with van der Waals surface area (Å²) in [5, 5.41) is 3.16. The first kappa shape index (κ1) is 14.3. The van der Waals surface area contributed by atoms with Gasteiger partial charge in [0.2, 0.25) is 0 Å². The maximum Gasteiger partial charge on any atom is 0.326 e. The molecule has 21 heavy (non-hydrogen) atoms. The van der Waals surface area contributed by atoms with Crippen LogP contribution in [0.1, 0.15) is 5.56 Å². The Hall–Kier alpha value is -1.63. The molecule has 6 heteroatoms. The fourth-order valence-electron chi connectivity index (χ4n) is 3.03. The third kappa shape index (κ3) is 2.88. The van der Waals surface area contributed by atoms with Crippen molar-refractivity contribution in [3.05, 3.63) is 34.2 Å². The number of hydrogen-bond acceptors (Lipinski definition) is 4. The van der Waals surface area contributed by atoms with Crippen LogP contribution in [0.5, 0.6) is 0 Å². The zero-order valence-corrected chi connectivity index (χ0v) is 12.6. The van der Waals surface area contributed by atoms with Crippen molar-refractivity contribution in [1.82, 2.24) is 19.8 Å². The molecule has 2 N–H and O–H groups in total. The van der Waals surface area contributed by atoms with Crippen molar-refractivity contribution >= 4 is 11.0 Å². The van der Waals surface area contributed by atoms with Gasteiger partial charge in [-0.2, -0.15) is 0 Å². The molecular formula is C15H22N4O2. The number of nitrogens with zero attached hydrogens (tertiary/aromatic N) is 2. The number of imidazole rings is 1. The first-order valence-corrected chi connectivity index (χ1v) is 7.34. The van der Waals surface area contributed by atoms with Crippen molar-refractivity contribution in [2.75, 3.05) is 33.3 Å². The summed E-state index contributed by atoms with van der Waals surface area (Å²) in [5.74, 6) is 0. The lowest BCUT2D eigenvalue weighted by Gasteiger charge is -2.33. The third-order valence-corrected chi connectivity index (χ3v) is 4.05. The Balaban J connectivity index is 1.83. The minimum absolute atomic E-state index is 0.0625. The normalized spacial score (nSPS) is 20.2. The van der Waals surface area contributed by atoms with E-state index in [1.165, 1.54) is 5.56 Å². The molecule has 1 aliphatic heterocycles. The quantitative estimate of drug-likeness (QED) is 0.849. The molecule has 0 unspecified atom stereocenters. The summed E-state index contributed by atoms with van der Waals surface area (Å²) >= 11 is 0. The van der Waals surface area contributed by atoms with E-state index in [1.54, 1.807) is 4.57 Å². The lowest BCUT2D eigenvalue weighted by atomic mass is 10.1. The minimum atomic E-state index is -0.0625. The molecule has 2 heterocycles. The van der Waals surface area contributed by atoms with Gasteiger partial charge in [-0.25, -0.2) is 4.79 Å². The zero-order valence-electron chi connectivity index (χ0n) is 12.6. The SMILES string of the molecule is CNC[C@@H]1CN(Cc2cccc3[nH]c(=O)n(C)c23)CCO1. The molecule has 114 valence electrons. The van der Waals surface area contributed by atoms with E-state index in [2.05, 4.69) is 21.3 Å². The maximum absolute atomic E-state index is 11.8. The predicted octanol–water partition coefficient (Wildman–Crippen LogP) is 0.287. The van der Waals surface area contributed by atoms with E-state index in [-0.39, 0.29) is 11.8 Å². The molecule has 0 radical (unpaired) electrons. The summed E-state index contributed by atoms with van der Waals surface area (Å²) in [6.45, 7) is 4.30. The number of aryl methyl sites for hydroxylation is 1. The highest BCUT2D eigenvalue weighted by Crippen LogP contribution is 2.18. The van der Waals surface area contributed by atoms with Crippen LogP contribution in [0.4, 0.5) is 0 Å². The molecule has 0 aliphatic carbocycles. The predicted molar refractivity (Wildman–Crippen MR) is 82.5 cm³/mol. The van der Waals surface area contributed by atoms with Crippen LogP contribution < -0.4 is 11.0 Å². The van der Waals surface area contributed by atoms with Gasteiger partial charge >= 0.3 is 5.69 Å². The number of morpholine rings is 1. The Kier molecular flexibility index (Phi) is 4.10. The molecular weight excluding hydrogens is 268 g/mol. The van der Waals surface area contributed by atoms with Crippen molar-refractivity contribution in [3.63, 3.8) is 0 Å². The van der Waals surface area contributed by atoms with E-state index >= 15 is 0 Å². The summed E-state index contributed by atoms with van der Waals surface area (Å²) in [5.41, 5.74) is 3.02. The Morgan fingerprint density at radius 3 is 3.14 bits per heavy atom. The van der Waals surface area contributed by atoms with Gasteiger partial charge in [0.15, 0.2) is 0 Å². The molecule has 0 bridgehead atoms. The van der Waals surface area contributed by atoms with Gasteiger partial charge in [-0.05, 0) is 18.7 Å². The van der Waals surface area contributed by atoms with Gasteiger partial charge in [0.05, 0.1) is 23.7 Å². The van der Waals surface area contributed by atoms with Crippen LogP contribution in [0, 0.1) is 0 Å². The largest absolute Gasteiger partial charge is 0.374 e. The lowest BCUT2D eigenvalue weighted by molar-refractivity contribution is -0.0290. The van der Waals surface area contributed by atoms with E-state index < -0.39 is 0 Å². The fraction of sp³-hybridized carbons (Fsp3) is 0.533. The average molecular weight is 290 g/mol. The summed E-state index contributed by atoms with van der Waals surface area (Å²) in [6, 6.07) is 6.04. The Bertz CT molecular complexity index is 674. The van der Waals surface area contributed by atoms with E-state index in [0.29, 0.717) is 0 Å². The first-order chi connectivity index (χ1) is 10.2. The van der Waals surface area contributed by atoms with Crippen molar-refractivity contribution in [2.24, 2.45) is 7.05 Å². The minimum Gasteiger partial charge on any atom is -0.374 e. The van der Waals surface area contributed by atoms with Gasteiger partial charge in [-0.3, -0.25) is 9.47 Å². The molecule has 0 amide bonds.